The molecule has 1 aliphatic heterocycles. The molecule has 1 saturated heterocycles. The van der Waals surface area contributed by atoms with Gasteiger partial charge in [-0.1, -0.05) is 87.9 Å². The highest BCUT2D eigenvalue weighted by molar-refractivity contribution is 6.33. The van der Waals surface area contributed by atoms with Crippen molar-refractivity contribution in [3.63, 3.8) is 0 Å². The van der Waals surface area contributed by atoms with Crippen molar-refractivity contribution < 1.29 is 46.9 Å². The van der Waals surface area contributed by atoms with Crippen molar-refractivity contribution in [3.8, 4) is 11.3 Å². The van der Waals surface area contributed by atoms with Crippen LogP contribution in [-0.4, -0.2) is 56.6 Å². The number of Topliss-reactive ketones (excluding diaryl/α,β-unsaturated/α-hetero) is 1. The van der Waals surface area contributed by atoms with Crippen molar-refractivity contribution in [2.24, 2.45) is 44.3 Å². The zero-order valence-electron chi connectivity index (χ0n) is 36.4. The van der Waals surface area contributed by atoms with Crippen molar-refractivity contribution >= 4 is 29.3 Å². The van der Waals surface area contributed by atoms with Crippen LogP contribution in [0, 0.1) is 44.3 Å². The number of carbonyl (C=O) groups excluding carboxylic acids is 3. The van der Waals surface area contributed by atoms with Crippen LogP contribution in [0.1, 0.15) is 114 Å². The maximum absolute atomic E-state index is 15.3. The number of aliphatic hydroxyl groups is 2. The van der Waals surface area contributed by atoms with Crippen LogP contribution >= 0.6 is 11.6 Å². The molecule has 12 heteroatoms. The maximum Gasteiger partial charge on any atom is 0.416 e. The lowest BCUT2D eigenvalue weighted by Crippen LogP contribution is -2.67. The van der Waals surface area contributed by atoms with Crippen LogP contribution < -0.4 is 0 Å². The zero-order chi connectivity index (χ0) is 45.0. The Morgan fingerprint density at radius 1 is 0.873 bits per heavy atom. The molecular weight excluding hydrogens is 831 g/mol. The lowest BCUT2D eigenvalue weighted by atomic mass is 9.32. The minimum atomic E-state index is -4.62. The first-order chi connectivity index (χ1) is 29.5. The lowest BCUT2D eigenvalue weighted by Gasteiger charge is -2.71. The first kappa shape index (κ1) is 42.7. The van der Waals surface area contributed by atoms with Gasteiger partial charge in [-0.3, -0.25) is 14.4 Å². The molecule has 2 heterocycles. The van der Waals surface area contributed by atoms with Gasteiger partial charge >= 0.3 is 12.1 Å². The molecule has 2 N–H and O–H groups in total. The van der Waals surface area contributed by atoms with E-state index < -0.39 is 61.9 Å². The summed E-state index contributed by atoms with van der Waals surface area (Å²) in [5.74, 6) is -1.40. The van der Waals surface area contributed by atoms with Crippen LogP contribution in [0.25, 0.3) is 11.3 Å². The second-order valence-electron chi connectivity index (χ2n) is 21.3. The smallest absolute Gasteiger partial charge is 0.416 e. The number of nitrogens with zero attached hydrogens (tertiary/aromatic N) is 1. The predicted molar refractivity (Wildman–Crippen MR) is 229 cm³/mol. The molecule has 1 amide bonds. The van der Waals surface area contributed by atoms with E-state index in [0.717, 1.165) is 24.1 Å². The highest BCUT2D eigenvalue weighted by atomic mass is 35.5. The lowest BCUT2D eigenvalue weighted by molar-refractivity contribution is -0.187. The number of amides is 1. The third-order valence-electron chi connectivity index (χ3n) is 18.7. The summed E-state index contributed by atoms with van der Waals surface area (Å²) in [5.41, 5.74) is -6.56. The van der Waals surface area contributed by atoms with E-state index in [9.17, 15) is 28.2 Å². The van der Waals surface area contributed by atoms with Crippen molar-refractivity contribution in [1.29, 1.82) is 0 Å². The van der Waals surface area contributed by atoms with Crippen LogP contribution in [0.5, 0.6) is 0 Å². The van der Waals surface area contributed by atoms with Crippen molar-refractivity contribution in [1.82, 2.24) is 4.90 Å². The van der Waals surface area contributed by atoms with Gasteiger partial charge in [0.2, 0.25) is 5.78 Å². The zero-order valence-corrected chi connectivity index (χ0v) is 37.2. The van der Waals surface area contributed by atoms with Crippen LogP contribution in [0.4, 0.5) is 13.2 Å². The third-order valence-corrected chi connectivity index (χ3v) is 19.1. The molecule has 4 bridgehead atoms. The maximum atomic E-state index is 15.3. The summed E-state index contributed by atoms with van der Waals surface area (Å²) in [4.78, 5) is 45.7. The minimum absolute atomic E-state index is 0.00995. The number of carbonyl (C=O) groups is 3. The van der Waals surface area contributed by atoms with Gasteiger partial charge < -0.3 is 24.3 Å². The van der Waals surface area contributed by atoms with Crippen LogP contribution in [0.15, 0.2) is 88.9 Å². The fourth-order valence-corrected chi connectivity index (χ4v) is 14.7. The summed E-state index contributed by atoms with van der Waals surface area (Å²) in [6, 6.07) is 15.6. The summed E-state index contributed by atoms with van der Waals surface area (Å²) in [5, 5.41) is 24.6. The Hall–Kier alpha value is -4.19. The van der Waals surface area contributed by atoms with E-state index in [-0.39, 0.29) is 64.3 Å². The number of halogens is 4. The molecule has 2 spiro atoms. The van der Waals surface area contributed by atoms with Gasteiger partial charge in [0, 0.05) is 39.3 Å². The Morgan fingerprint density at radius 2 is 1.57 bits per heavy atom. The average molecular weight is 886 g/mol. The molecule has 8 aliphatic rings. The first-order valence-corrected chi connectivity index (χ1v) is 22.8. The van der Waals surface area contributed by atoms with Gasteiger partial charge in [0.1, 0.15) is 5.76 Å². The number of fused-ring (bicyclic) bond motifs is 3. The predicted octanol–water partition coefficient (Wildman–Crippen LogP) is 10.5. The topological polar surface area (TPSA) is 117 Å². The number of alkyl halides is 3. The van der Waals surface area contributed by atoms with Gasteiger partial charge in [0.15, 0.2) is 11.4 Å². The first-order valence-electron chi connectivity index (χ1n) is 22.4. The number of benzene rings is 2. The average Bonchev–Trinajstić information content (AvgIpc) is 3.92. The number of hydrogen-bond donors (Lipinski definition) is 2. The molecule has 3 aromatic rings. The quantitative estimate of drug-likeness (QED) is 0.131. The fourth-order valence-electron chi connectivity index (χ4n) is 14.5. The standard InChI is InChI=1S/C51H55ClF3NO7/c1-43(2)46(5)21-24-50(43,63-42(46)60)41(59)56(28-30-9-7-6-8-10-30)29-48(61)20-17-39-45(48,4)19-16-38-44(3)18-15-32(57)26-47(44)22-23-49(38,39)34(27-47)40(58)37-14-13-36(62-37)33-25-31(51(53,54)55)11-12-35(33)52/h6-14,22-23,25,27,32,38-39,57,61H,15-21,24,26,28-29H2,1-5H3. The molecule has 7 aliphatic carbocycles. The van der Waals surface area contributed by atoms with Gasteiger partial charge in [-0.05, 0) is 118 Å². The summed E-state index contributed by atoms with van der Waals surface area (Å²) >= 11 is 6.42. The van der Waals surface area contributed by atoms with E-state index in [2.05, 4.69) is 32.1 Å². The largest absolute Gasteiger partial charge is 0.453 e. The SMILES string of the molecule is CC12CCC(C(=O)N(Cc3ccccc3)CC3(O)CCC4C56C=CC7(C=C5C(=O)c5ccc(-c8cc(C(F)(F)F)ccc8Cl)o5)CC(O)CCC7(C)C6CCC43C)(OC1=O)C2(C)C. The molecule has 11 rings (SSSR count). The van der Waals surface area contributed by atoms with E-state index in [1.807, 2.05) is 51.1 Å². The van der Waals surface area contributed by atoms with Crippen LogP contribution in [0.3, 0.4) is 0 Å². The number of aliphatic hydroxyl groups excluding tert-OH is 1. The van der Waals surface area contributed by atoms with Gasteiger partial charge in [0.25, 0.3) is 5.91 Å². The second kappa shape index (κ2) is 13.4. The van der Waals surface area contributed by atoms with E-state index in [1.165, 1.54) is 18.2 Å². The van der Waals surface area contributed by atoms with Crippen LogP contribution in [0.2, 0.25) is 5.02 Å². The van der Waals surface area contributed by atoms with E-state index in [0.29, 0.717) is 56.9 Å². The van der Waals surface area contributed by atoms with Crippen molar-refractivity contribution in [2.75, 3.05) is 6.54 Å². The van der Waals surface area contributed by atoms with Gasteiger partial charge in [-0.25, -0.2) is 0 Å². The summed E-state index contributed by atoms with van der Waals surface area (Å²) < 4.78 is 53.6. The molecule has 4 saturated carbocycles. The normalized spacial score (nSPS) is 39.3. The number of rotatable bonds is 8. The van der Waals surface area contributed by atoms with E-state index >= 15 is 9.59 Å². The van der Waals surface area contributed by atoms with Crippen molar-refractivity contribution in [2.45, 2.75) is 122 Å². The number of allylic oxidation sites excluding steroid dienone is 4. The van der Waals surface area contributed by atoms with Gasteiger partial charge in [-0.2, -0.15) is 13.2 Å². The minimum Gasteiger partial charge on any atom is -0.453 e. The van der Waals surface area contributed by atoms with E-state index in [4.69, 9.17) is 20.8 Å². The molecule has 8 nitrogen and oxygen atoms in total. The van der Waals surface area contributed by atoms with E-state index in [1.54, 1.807) is 4.90 Å². The van der Waals surface area contributed by atoms with Crippen LogP contribution in [-0.2, 0) is 27.0 Å². The Balaban J connectivity index is 1.05. The number of hydrogen-bond acceptors (Lipinski definition) is 7. The Bertz CT molecular complexity index is 2510. The number of esters is 1. The van der Waals surface area contributed by atoms with Crippen molar-refractivity contribution in [3.05, 3.63) is 106 Å². The summed E-state index contributed by atoms with van der Waals surface area (Å²) in [7, 11) is 0. The molecule has 334 valence electrons. The highest BCUT2D eigenvalue weighted by Crippen LogP contribution is 2.78. The molecular formula is C51H55ClF3NO7. The fraction of sp³-hybridized carbons (Fsp3) is 0.549. The number of furan rings is 1. The van der Waals surface area contributed by atoms with Gasteiger partial charge in [0.05, 0.1) is 34.3 Å². The third kappa shape index (κ3) is 5.45. The molecule has 5 fully saturated rings. The highest BCUT2D eigenvalue weighted by Gasteiger charge is 2.78. The number of ketones is 1. The summed E-state index contributed by atoms with van der Waals surface area (Å²) in [6.07, 6.45) is 6.14. The number of ether oxygens (including phenoxy) is 1. The molecule has 1 aromatic heterocycles. The monoisotopic (exact) mass is 885 g/mol. The molecule has 0 radical (unpaired) electrons. The van der Waals surface area contributed by atoms with Gasteiger partial charge in [-0.15, -0.1) is 0 Å². The second-order valence-corrected chi connectivity index (χ2v) is 21.7. The Labute approximate surface area is 370 Å². The Kier molecular flexibility index (Phi) is 9.12. The molecule has 10 atom stereocenters. The summed E-state index contributed by atoms with van der Waals surface area (Å²) in [6.45, 7) is 10.3. The molecule has 63 heavy (non-hydrogen) atoms. The molecule has 10 unspecified atom stereocenters. The molecule has 2 aromatic carbocycles. The Morgan fingerprint density at radius 3 is 2.25 bits per heavy atom.